The van der Waals surface area contributed by atoms with Gasteiger partial charge in [-0.1, -0.05) is 47.0 Å². The summed E-state index contributed by atoms with van der Waals surface area (Å²) in [4.78, 5) is 0. The summed E-state index contributed by atoms with van der Waals surface area (Å²) in [6.07, 6.45) is 7.98. The summed E-state index contributed by atoms with van der Waals surface area (Å²) in [7, 11) is 0. The van der Waals surface area contributed by atoms with E-state index in [0.717, 1.165) is 6.42 Å². The largest absolute Gasteiger partial charge is 0.119 e. The highest BCUT2D eigenvalue weighted by molar-refractivity contribution is 5.08. The smallest absolute Gasteiger partial charge is 0.0357 e. The fourth-order valence-electron chi connectivity index (χ4n) is 2.06. The molecular formula is C12H22. The van der Waals surface area contributed by atoms with Crippen molar-refractivity contribution in [2.45, 2.75) is 47.5 Å². The molecule has 0 unspecified atom stereocenters. The Kier molecular flexibility index (Phi) is 4.39. The minimum absolute atomic E-state index is 0.120. The Morgan fingerprint density at radius 2 is 1.58 bits per heavy atom. The molecule has 0 aromatic carbocycles. The predicted molar refractivity (Wildman–Crippen MR) is 55.9 cm³/mol. The summed E-state index contributed by atoms with van der Waals surface area (Å²) in [6.45, 7) is 11.1. The SMILES string of the molecule is C#CC(CCC)(C(C)C)C(C)C. The topological polar surface area (TPSA) is 0 Å². The van der Waals surface area contributed by atoms with Crippen molar-refractivity contribution in [1.82, 2.24) is 0 Å². The average molecular weight is 166 g/mol. The van der Waals surface area contributed by atoms with Crippen molar-refractivity contribution in [3.63, 3.8) is 0 Å². The minimum atomic E-state index is 0.120. The van der Waals surface area contributed by atoms with Crippen molar-refractivity contribution >= 4 is 0 Å². The molecule has 0 nitrogen and oxygen atoms in total. The van der Waals surface area contributed by atoms with Crippen LogP contribution < -0.4 is 0 Å². The second-order valence-corrected chi connectivity index (χ2v) is 4.24. The number of hydrogen-bond acceptors (Lipinski definition) is 0. The van der Waals surface area contributed by atoms with Crippen LogP contribution in [0.5, 0.6) is 0 Å². The van der Waals surface area contributed by atoms with Crippen LogP contribution >= 0.6 is 0 Å². The summed E-state index contributed by atoms with van der Waals surface area (Å²) in [5.74, 6) is 4.19. The maximum atomic E-state index is 5.65. The second-order valence-electron chi connectivity index (χ2n) is 4.24. The van der Waals surface area contributed by atoms with Gasteiger partial charge in [0.1, 0.15) is 0 Å². The van der Waals surface area contributed by atoms with E-state index in [1.807, 2.05) is 0 Å². The summed E-state index contributed by atoms with van der Waals surface area (Å²) < 4.78 is 0. The molecule has 0 bridgehead atoms. The van der Waals surface area contributed by atoms with Crippen molar-refractivity contribution in [1.29, 1.82) is 0 Å². The first-order valence-corrected chi connectivity index (χ1v) is 4.99. The van der Waals surface area contributed by atoms with Gasteiger partial charge in [0.15, 0.2) is 0 Å². The van der Waals surface area contributed by atoms with Gasteiger partial charge >= 0.3 is 0 Å². The van der Waals surface area contributed by atoms with Gasteiger partial charge < -0.3 is 0 Å². The minimum Gasteiger partial charge on any atom is -0.119 e. The maximum Gasteiger partial charge on any atom is 0.0357 e. The number of hydrogen-bond donors (Lipinski definition) is 0. The average Bonchev–Trinajstić information content (AvgIpc) is 1.98. The molecule has 0 aliphatic heterocycles. The summed E-state index contributed by atoms with van der Waals surface area (Å²) in [5, 5.41) is 0. The van der Waals surface area contributed by atoms with E-state index in [9.17, 15) is 0 Å². The van der Waals surface area contributed by atoms with Crippen LogP contribution in [0.3, 0.4) is 0 Å². The Morgan fingerprint density at radius 3 is 1.67 bits per heavy atom. The zero-order chi connectivity index (χ0) is 9.78. The molecule has 0 amide bonds. The van der Waals surface area contributed by atoms with E-state index in [1.165, 1.54) is 6.42 Å². The molecule has 0 aromatic rings. The molecular weight excluding hydrogens is 144 g/mol. The van der Waals surface area contributed by atoms with E-state index in [-0.39, 0.29) is 5.41 Å². The van der Waals surface area contributed by atoms with E-state index in [0.29, 0.717) is 11.8 Å². The zero-order valence-corrected chi connectivity index (χ0v) is 9.15. The third-order valence-corrected chi connectivity index (χ3v) is 2.99. The molecule has 0 saturated carbocycles. The normalized spacial score (nSPS) is 12.2. The molecule has 0 aromatic heterocycles. The fourth-order valence-corrected chi connectivity index (χ4v) is 2.06. The Balaban J connectivity index is 4.67. The van der Waals surface area contributed by atoms with Crippen molar-refractivity contribution in [3.8, 4) is 12.3 Å². The van der Waals surface area contributed by atoms with Crippen molar-refractivity contribution in [2.75, 3.05) is 0 Å². The third-order valence-electron chi connectivity index (χ3n) is 2.99. The Morgan fingerprint density at radius 1 is 1.17 bits per heavy atom. The van der Waals surface area contributed by atoms with Crippen LogP contribution in [0, 0.1) is 29.6 Å². The lowest BCUT2D eigenvalue weighted by Crippen LogP contribution is -2.31. The molecule has 0 N–H and O–H groups in total. The Labute approximate surface area is 77.8 Å². The van der Waals surface area contributed by atoms with Gasteiger partial charge in [0.2, 0.25) is 0 Å². The van der Waals surface area contributed by atoms with Crippen molar-refractivity contribution < 1.29 is 0 Å². The highest BCUT2D eigenvalue weighted by Crippen LogP contribution is 2.39. The fraction of sp³-hybridized carbons (Fsp3) is 0.833. The summed E-state index contributed by atoms with van der Waals surface area (Å²) in [5.41, 5.74) is 0.120. The quantitative estimate of drug-likeness (QED) is 0.558. The maximum absolute atomic E-state index is 5.65. The predicted octanol–water partition coefficient (Wildman–Crippen LogP) is 3.72. The van der Waals surface area contributed by atoms with Gasteiger partial charge in [0, 0.05) is 5.41 Å². The molecule has 0 spiro atoms. The summed E-state index contributed by atoms with van der Waals surface area (Å²) >= 11 is 0. The first-order valence-electron chi connectivity index (χ1n) is 4.99. The van der Waals surface area contributed by atoms with E-state index in [2.05, 4.69) is 40.5 Å². The van der Waals surface area contributed by atoms with Crippen LogP contribution in [-0.2, 0) is 0 Å². The van der Waals surface area contributed by atoms with Crippen LogP contribution in [0.4, 0.5) is 0 Å². The Hall–Kier alpha value is -0.440. The first kappa shape index (κ1) is 11.6. The number of terminal acetylenes is 1. The van der Waals surface area contributed by atoms with E-state index < -0.39 is 0 Å². The van der Waals surface area contributed by atoms with Crippen LogP contribution in [0.1, 0.15) is 47.5 Å². The monoisotopic (exact) mass is 166 g/mol. The van der Waals surface area contributed by atoms with Gasteiger partial charge in [-0.15, -0.1) is 6.42 Å². The van der Waals surface area contributed by atoms with Gasteiger partial charge in [-0.05, 0) is 18.3 Å². The highest BCUT2D eigenvalue weighted by atomic mass is 14.4. The van der Waals surface area contributed by atoms with Gasteiger partial charge in [-0.2, -0.15) is 0 Å². The third kappa shape index (κ3) is 2.03. The van der Waals surface area contributed by atoms with E-state index >= 15 is 0 Å². The molecule has 0 atom stereocenters. The van der Waals surface area contributed by atoms with E-state index in [4.69, 9.17) is 6.42 Å². The van der Waals surface area contributed by atoms with Gasteiger partial charge in [-0.3, -0.25) is 0 Å². The van der Waals surface area contributed by atoms with Gasteiger partial charge in [0.25, 0.3) is 0 Å². The van der Waals surface area contributed by atoms with Crippen LogP contribution in [0.2, 0.25) is 0 Å². The summed E-state index contributed by atoms with van der Waals surface area (Å²) in [6, 6.07) is 0. The number of rotatable bonds is 4. The molecule has 0 radical (unpaired) electrons. The van der Waals surface area contributed by atoms with Crippen molar-refractivity contribution in [3.05, 3.63) is 0 Å². The van der Waals surface area contributed by atoms with Crippen LogP contribution in [0.15, 0.2) is 0 Å². The molecule has 70 valence electrons. The molecule has 0 saturated heterocycles. The Bertz CT molecular complexity index is 149. The molecule has 0 heterocycles. The molecule has 0 rings (SSSR count). The first-order chi connectivity index (χ1) is 5.51. The molecule has 0 heteroatoms. The zero-order valence-electron chi connectivity index (χ0n) is 9.15. The standard InChI is InChI=1S/C12H22/c1-7-9-12(8-2,10(3)4)11(5)6/h2,10-11H,7,9H2,1,3-6H3. The van der Waals surface area contributed by atoms with Crippen LogP contribution in [0.25, 0.3) is 0 Å². The second kappa shape index (κ2) is 4.55. The lowest BCUT2D eigenvalue weighted by atomic mass is 9.67. The van der Waals surface area contributed by atoms with Gasteiger partial charge in [0.05, 0.1) is 0 Å². The van der Waals surface area contributed by atoms with E-state index in [1.54, 1.807) is 0 Å². The molecule has 0 fully saturated rings. The molecule has 0 aliphatic carbocycles. The highest BCUT2D eigenvalue weighted by Gasteiger charge is 2.33. The van der Waals surface area contributed by atoms with Gasteiger partial charge in [-0.25, -0.2) is 0 Å². The molecule has 0 aliphatic rings. The van der Waals surface area contributed by atoms with Crippen LogP contribution in [-0.4, -0.2) is 0 Å². The molecule has 12 heavy (non-hydrogen) atoms. The lowest BCUT2D eigenvalue weighted by Gasteiger charge is -2.36. The lowest BCUT2D eigenvalue weighted by molar-refractivity contribution is 0.175. The van der Waals surface area contributed by atoms with Crippen molar-refractivity contribution in [2.24, 2.45) is 17.3 Å².